The Morgan fingerprint density at radius 1 is 1.04 bits per heavy atom. The molecule has 0 saturated carbocycles. The molecule has 2 nitrogen and oxygen atoms in total. The van der Waals surface area contributed by atoms with Gasteiger partial charge in [-0.25, -0.2) is 8.78 Å². The lowest BCUT2D eigenvalue weighted by Crippen LogP contribution is -2.03. The van der Waals surface area contributed by atoms with Crippen molar-refractivity contribution in [2.24, 2.45) is 0 Å². The summed E-state index contributed by atoms with van der Waals surface area (Å²) in [7, 11) is 0. The SMILES string of the molecule is O=Cc1cc2c(s1)-c1ccccc1C(O)c1ccc(F)c(F)c1-2. The molecule has 1 atom stereocenters. The number of hydrogen-bond acceptors (Lipinski definition) is 3. The average Bonchev–Trinajstić information content (AvgIpc) is 2.96. The Bertz CT molecular complexity index is 946. The van der Waals surface area contributed by atoms with Gasteiger partial charge in [0.15, 0.2) is 17.9 Å². The molecular weight excluding hydrogens is 318 g/mol. The highest BCUT2D eigenvalue weighted by Gasteiger charge is 2.30. The fraction of sp³-hybridized carbons (Fsp3) is 0.0556. The first kappa shape index (κ1) is 14.2. The number of rotatable bonds is 1. The van der Waals surface area contributed by atoms with Gasteiger partial charge in [-0.05, 0) is 28.8 Å². The zero-order chi connectivity index (χ0) is 16.1. The van der Waals surface area contributed by atoms with Crippen LogP contribution in [0.1, 0.15) is 26.9 Å². The number of thiophene rings is 1. The van der Waals surface area contributed by atoms with E-state index in [2.05, 4.69) is 0 Å². The zero-order valence-electron chi connectivity index (χ0n) is 11.7. The molecule has 3 aromatic rings. The number of carbonyl (C=O) groups excluding carboxylic acids is 1. The molecule has 1 N–H and O–H groups in total. The second kappa shape index (κ2) is 5.08. The van der Waals surface area contributed by atoms with Crippen LogP contribution in [0.15, 0.2) is 42.5 Å². The van der Waals surface area contributed by atoms with Crippen LogP contribution in [0, 0.1) is 11.6 Å². The van der Waals surface area contributed by atoms with Crippen molar-refractivity contribution in [1.82, 2.24) is 0 Å². The molecular formula is C18H10F2O2S. The molecule has 0 fully saturated rings. The molecule has 4 rings (SSSR count). The Kier molecular flexibility index (Phi) is 3.14. The molecule has 0 saturated heterocycles. The highest BCUT2D eigenvalue weighted by molar-refractivity contribution is 7.17. The number of aldehydes is 1. The maximum Gasteiger partial charge on any atom is 0.167 e. The average molecular weight is 328 g/mol. The van der Waals surface area contributed by atoms with Crippen molar-refractivity contribution in [2.45, 2.75) is 6.10 Å². The molecule has 23 heavy (non-hydrogen) atoms. The fourth-order valence-electron chi connectivity index (χ4n) is 3.03. The van der Waals surface area contributed by atoms with E-state index in [4.69, 9.17) is 0 Å². The first-order valence-corrected chi connectivity index (χ1v) is 7.78. The van der Waals surface area contributed by atoms with Crippen LogP contribution in [0.4, 0.5) is 8.78 Å². The smallest absolute Gasteiger partial charge is 0.167 e. The highest BCUT2D eigenvalue weighted by Crippen LogP contribution is 2.49. The van der Waals surface area contributed by atoms with E-state index >= 15 is 0 Å². The van der Waals surface area contributed by atoms with Crippen LogP contribution in [0.5, 0.6) is 0 Å². The molecule has 0 aliphatic heterocycles. The standard InChI is InChI=1S/C18H10F2O2S/c19-14-6-5-12-15(16(14)20)13-7-9(8-21)23-18(13)11-4-2-1-3-10(11)17(12)22/h1-8,17,22H. The molecule has 1 aliphatic carbocycles. The van der Waals surface area contributed by atoms with Crippen molar-refractivity contribution in [3.05, 3.63) is 70.1 Å². The topological polar surface area (TPSA) is 37.3 Å². The quantitative estimate of drug-likeness (QED) is 0.665. The Hall–Kier alpha value is -2.37. The second-order valence-corrected chi connectivity index (χ2v) is 6.41. The van der Waals surface area contributed by atoms with E-state index in [9.17, 15) is 18.7 Å². The van der Waals surface area contributed by atoms with Crippen molar-refractivity contribution in [3.8, 4) is 21.6 Å². The lowest BCUT2D eigenvalue weighted by molar-refractivity contribution is 0.112. The van der Waals surface area contributed by atoms with Crippen LogP contribution in [-0.2, 0) is 0 Å². The molecule has 1 unspecified atom stereocenters. The van der Waals surface area contributed by atoms with Gasteiger partial charge >= 0.3 is 0 Å². The van der Waals surface area contributed by atoms with Gasteiger partial charge in [0.1, 0.15) is 6.10 Å². The third-order valence-corrected chi connectivity index (χ3v) is 5.15. The van der Waals surface area contributed by atoms with E-state index in [1.54, 1.807) is 18.2 Å². The lowest BCUT2D eigenvalue weighted by Gasteiger charge is -2.15. The second-order valence-electron chi connectivity index (χ2n) is 5.32. The first-order valence-electron chi connectivity index (χ1n) is 6.96. The maximum atomic E-state index is 14.5. The van der Waals surface area contributed by atoms with E-state index in [0.29, 0.717) is 32.7 Å². The molecule has 1 aromatic heterocycles. The first-order chi connectivity index (χ1) is 11.1. The van der Waals surface area contributed by atoms with Crippen LogP contribution in [-0.4, -0.2) is 11.4 Å². The maximum absolute atomic E-state index is 14.5. The van der Waals surface area contributed by atoms with Gasteiger partial charge in [0, 0.05) is 16.0 Å². The van der Waals surface area contributed by atoms with E-state index in [1.165, 1.54) is 17.4 Å². The normalized spacial score (nSPS) is 15.3. The molecule has 0 bridgehead atoms. The summed E-state index contributed by atoms with van der Waals surface area (Å²) >= 11 is 1.20. The van der Waals surface area contributed by atoms with Gasteiger partial charge in [0.05, 0.1) is 4.88 Å². The third kappa shape index (κ3) is 1.97. The van der Waals surface area contributed by atoms with Crippen molar-refractivity contribution in [1.29, 1.82) is 0 Å². The Balaban J connectivity index is 2.18. The van der Waals surface area contributed by atoms with E-state index in [1.807, 2.05) is 12.1 Å². The monoisotopic (exact) mass is 328 g/mol. The van der Waals surface area contributed by atoms with Crippen LogP contribution < -0.4 is 0 Å². The number of hydrogen-bond donors (Lipinski definition) is 1. The Morgan fingerprint density at radius 3 is 2.61 bits per heavy atom. The summed E-state index contributed by atoms with van der Waals surface area (Å²) in [5.41, 5.74) is 2.09. The van der Waals surface area contributed by atoms with Gasteiger partial charge in [-0.1, -0.05) is 30.3 Å². The number of benzene rings is 2. The van der Waals surface area contributed by atoms with Gasteiger partial charge in [0.25, 0.3) is 0 Å². The molecule has 0 spiro atoms. The molecule has 0 radical (unpaired) electrons. The fourth-order valence-corrected chi connectivity index (χ4v) is 4.06. The van der Waals surface area contributed by atoms with Gasteiger partial charge in [-0.3, -0.25) is 4.79 Å². The number of aliphatic hydroxyl groups is 1. The summed E-state index contributed by atoms with van der Waals surface area (Å²) in [6.07, 6.45) is -0.370. The molecule has 2 aromatic carbocycles. The summed E-state index contributed by atoms with van der Waals surface area (Å²) in [6.45, 7) is 0. The third-order valence-electron chi connectivity index (χ3n) is 4.06. The molecule has 0 amide bonds. The van der Waals surface area contributed by atoms with E-state index in [-0.39, 0.29) is 5.56 Å². The minimum atomic E-state index is -1.06. The van der Waals surface area contributed by atoms with Crippen LogP contribution >= 0.6 is 11.3 Å². The molecule has 114 valence electrons. The number of halogens is 2. The Labute approximate surface area is 134 Å². The number of aliphatic hydroxyl groups excluding tert-OH is 1. The lowest BCUT2D eigenvalue weighted by atomic mass is 9.95. The predicted octanol–water partition coefficient (Wildman–Crippen LogP) is 4.57. The van der Waals surface area contributed by atoms with Gasteiger partial charge in [0.2, 0.25) is 0 Å². The summed E-state index contributed by atoms with van der Waals surface area (Å²) in [5.74, 6) is -1.99. The van der Waals surface area contributed by atoms with Crippen molar-refractivity contribution >= 4 is 17.6 Å². The highest BCUT2D eigenvalue weighted by atomic mass is 32.1. The summed E-state index contributed by atoms with van der Waals surface area (Å²) in [4.78, 5) is 12.2. The van der Waals surface area contributed by atoms with Crippen molar-refractivity contribution < 1.29 is 18.7 Å². The van der Waals surface area contributed by atoms with Crippen LogP contribution in [0.25, 0.3) is 21.6 Å². The van der Waals surface area contributed by atoms with Crippen molar-refractivity contribution in [3.63, 3.8) is 0 Å². The summed E-state index contributed by atoms with van der Waals surface area (Å²) in [5, 5.41) is 10.7. The molecule has 1 aliphatic rings. The molecule has 1 heterocycles. The van der Waals surface area contributed by atoms with Gasteiger partial charge in [-0.2, -0.15) is 0 Å². The summed E-state index contributed by atoms with van der Waals surface area (Å²) in [6, 6.07) is 11.1. The van der Waals surface area contributed by atoms with Gasteiger partial charge in [-0.15, -0.1) is 11.3 Å². The number of carbonyl (C=O) groups is 1. The van der Waals surface area contributed by atoms with Crippen LogP contribution in [0.2, 0.25) is 0 Å². The predicted molar refractivity (Wildman–Crippen MR) is 84.6 cm³/mol. The largest absolute Gasteiger partial charge is 0.384 e. The summed E-state index contributed by atoms with van der Waals surface area (Å²) < 4.78 is 28.2. The zero-order valence-corrected chi connectivity index (χ0v) is 12.5. The minimum Gasteiger partial charge on any atom is -0.384 e. The van der Waals surface area contributed by atoms with Gasteiger partial charge < -0.3 is 5.11 Å². The molecule has 5 heteroatoms. The van der Waals surface area contributed by atoms with E-state index in [0.717, 1.165) is 11.6 Å². The van der Waals surface area contributed by atoms with Crippen molar-refractivity contribution in [2.75, 3.05) is 0 Å². The Morgan fingerprint density at radius 2 is 1.83 bits per heavy atom. The number of fused-ring (bicyclic) bond motifs is 5. The minimum absolute atomic E-state index is 0.0213. The van der Waals surface area contributed by atoms with Crippen LogP contribution in [0.3, 0.4) is 0 Å². The van der Waals surface area contributed by atoms with E-state index < -0.39 is 17.7 Å².